The molecule has 2 aromatic carbocycles. The number of carbonyl (C=O) groups excluding carboxylic acids is 3. The van der Waals surface area contributed by atoms with Crippen LogP contribution in [-0.2, 0) is 35.4 Å². The van der Waals surface area contributed by atoms with E-state index in [2.05, 4.69) is 41.7 Å². The van der Waals surface area contributed by atoms with Gasteiger partial charge >= 0.3 is 0 Å². The second kappa shape index (κ2) is 9.23. The normalized spacial score (nSPS) is 24.7. The molecule has 0 unspecified atom stereocenters. The Kier molecular flexibility index (Phi) is 5.93. The van der Waals surface area contributed by atoms with E-state index in [4.69, 9.17) is 0 Å². The molecule has 0 spiro atoms. The summed E-state index contributed by atoms with van der Waals surface area (Å²) in [7, 11) is 0. The van der Waals surface area contributed by atoms with Crippen LogP contribution in [0, 0.1) is 5.92 Å². The Bertz CT molecular complexity index is 1130. The van der Waals surface area contributed by atoms with E-state index in [9.17, 15) is 14.4 Å². The quantitative estimate of drug-likeness (QED) is 0.671. The van der Waals surface area contributed by atoms with Crippen LogP contribution < -0.4 is 5.32 Å². The topological polar surface area (TPSA) is 69.7 Å². The van der Waals surface area contributed by atoms with Gasteiger partial charge in [0.1, 0.15) is 0 Å². The Balaban J connectivity index is 1.14. The summed E-state index contributed by atoms with van der Waals surface area (Å²) in [6.07, 6.45) is 9.40. The van der Waals surface area contributed by atoms with Crippen molar-refractivity contribution < 1.29 is 14.4 Å². The summed E-state index contributed by atoms with van der Waals surface area (Å²) in [5.74, 6) is -0.210. The average Bonchev–Trinajstić information content (AvgIpc) is 3.40. The van der Waals surface area contributed by atoms with Crippen molar-refractivity contribution in [2.45, 2.75) is 82.8 Å². The molecule has 2 aliphatic heterocycles. The van der Waals surface area contributed by atoms with Crippen molar-refractivity contribution >= 4 is 17.7 Å². The summed E-state index contributed by atoms with van der Waals surface area (Å²) >= 11 is 0. The predicted octanol–water partition coefficient (Wildman–Crippen LogP) is 3.95. The molecule has 2 atom stereocenters. The summed E-state index contributed by atoms with van der Waals surface area (Å²) in [6, 6.07) is 15.9. The number of hydrogen-bond donors (Lipinski definition) is 1. The maximum absolute atomic E-state index is 13.0. The zero-order valence-corrected chi connectivity index (χ0v) is 20.2. The first kappa shape index (κ1) is 22.5. The Morgan fingerprint density at radius 1 is 0.829 bits per heavy atom. The van der Waals surface area contributed by atoms with Crippen LogP contribution in [0.4, 0.5) is 0 Å². The molecule has 0 aromatic heterocycles. The summed E-state index contributed by atoms with van der Waals surface area (Å²) in [4.78, 5) is 37.7. The van der Waals surface area contributed by atoms with Crippen molar-refractivity contribution in [3.63, 3.8) is 0 Å². The summed E-state index contributed by atoms with van der Waals surface area (Å²) in [5, 5.41) is 6.45. The zero-order chi connectivity index (χ0) is 23.9. The van der Waals surface area contributed by atoms with Gasteiger partial charge < -0.3 is 5.32 Å². The maximum atomic E-state index is 13.0. The number of imide groups is 1. The zero-order valence-electron chi connectivity index (χ0n) is 20.2. The second-order valence-electron chi connectivity index (χ2n) is 10.7. The monoisotopic (exact) mass is 471 g/mol. The van der Waals surface area contributed by atoms with E-state index in [0.29, 0.717) is 49.4 Å². The van der Waals surface area contributed by atoms with Gasteiger partial charge in [0.25, 0.3) is 5.91 Å². The molecule has 182 valence electrons. The number of benzene rings is 2. The van der Waals surface area contributed by atoms with Crippen LogP contribution in [0.3, 0.4) is 0 Å². The van der Waals surface area contributed by atoms with Gasteiger partial charge in [-0.1, -0.05) is 49.2 Å². The van der Waals surface area contributed by atoms with Crippen LogP contribution in [0.2, 0.25) is 0 Å². The van der Waals surface area contributed by atoms with Crippen molar-refractivity contribution in [1.29, 1.82) is 0 Å². The van der Waals surface area contributed by atoms with E-state index >= 15 is 0 Å². The molecule has 0 bridgehead atoms. The van der Waals surface area contributed by atoms with Gasteiger partial charge in [-0.15, -0.1) is 0 Å². The fourth-order valence-electron chi connectivity index (χ4n) is 6.61. The SMILES string of the molecule is O=C1c2ccc(C[C@H]3CCCC[C@@H]3NC3Cc4ccccc4C3)cc2CN1N1C(=O)CCCC1=O. The smallest absolute Gasteiger partial charge is 0.273 e. The third-order valence-electron chi connectivity index (χ3n) is 8.36. The highest BCUT2D eigenvalue weighted by molar-refractivity contribution is 6.04. The molecule has 2 aromatic rings. The summed E-state index contributed by atoms with van der Waals surface area (Å²) in [6.45, 7) is 0.298. The van der Waals surface area contributed by atoms with E-state index in [-0.39, 0.29) is 17.7 Å². The lowest BCUT2D eigenvalue weighted by Gasteiger charge is -2.34. The van der Waals surface area contributed by atoms with Gasteiger partial charge in [-0.25, -0.2) is 5.01 Å². The average molecular weight is 472 g/mol. The fraction of sp³-hybridized carbons (Fsp3) is 0.483. The molecule has 3 amide bonds. The van der Waals surface area contributed by atoms with Crippen molar-refractivity contribution in [1.82, 2.24) is 15.3 Å². The van der Waals surface area contributed by atoms with E-state index in [1.54, 1.807) is 0 Å². The highest BCUT2D eigenvalue weighted by atomic mass is 16.2. The summed E-state index contributed by atoms with van der Waals surface area (Å²) in [5.41, 5.74) is 5.74. The lowest BCUT2D eigenvalue weighted by atomic mass is 9.80. The fourth-order valence-corrected chi connectivity index (χ4v) is 6.61. The van der Waals surface area contributed by atoms with Gasteiger partial charge in [-0.05, 0) is 72.8 Å². The highest BCUT2D eigenvalue weighted by Gasteiger charge is 2.39. The molecule has 1 saturated heterocycles. The highest BCUT2D eigenvalue weighted by Crippen LogP contribution is 2.33. The Morgan fingerprint density at radius 3 is 2.29 bits per heavy atom. The molecule has 1 saturated carbocycles. The standard InChI is InChI=1S/C29H33N3O3/c33-27-10-5-11-28(34)32(27)31-18-23-15-19(12-13-25(23)29(31)35)14-22-8-3-4-9-26(22)30-24-16-20-6-1-2-7-21(20)17-24/h1-2,6-7,12-13,15,22,24,26,30H,3-5,8-11,14,16-18H2/t22-,26+/m1/s1. The number of piperidine rings is 1. The lowest BCUT2D eigenvalue weighted by molar-refractivity contribution is -0.163. The molecule has 2 fully saturated rings. The van der Waals surface area contributed by atoms with Gasteiger partial charge in [0.05, 0.1) is 6.54 Å². The molecular weight excluding hydrogens is 438 g/mol. The van der Waals surface area contributed by atoms with E-state index in [1.165, 1.54) is 47.4 Å². The van der Waals surface area contributed by atoms with Crippen molar-refractivity contribution in [2.24, 2.45) is 5.92 Å². The minimum Gasteiger partial charge on any atom is -0.310 e. The molecule has 6 nitrogen and oxygen atoms in total. The van der Waals surface area contributed by atoms with Gasteiger partial charge in [0.2, 0.25) is 11.8 Å². The Labute approximate surface area is 206 Å². The van der Waals surface area contributed by atoms with Crippen molar-refractivity contribution in [3.8, 4) is 0 Å². The minimum atomic E-state index is -0.271. The number of hydrogen-bond acceptors (Lipinski definition) is 4. The largest absolute Gasteiger partial charge is 0.310 e. The first-order valence-corrected chi connectivity index (χ1v) is 13.2. The predicted molar refractivity (Wildman–Crippen MR) is 132 cm³/mol. The number of fused-ring (bicyclic) bond motifs is 2. The lowest BCUT2D eigenvalue weighted by Crippen LogP contribution is -2.51. The van der Waals surface area contributed by atoms with Gasteiger partial charge in [-0.2, -0.15) is 5.01 Å². The van der Waals surface area contributed by atoms with Gasteiger partial charge in [-0.3, -0.25) is 14.4 Å². The molecule has 6 rings (SSSR count). The molecular formula is C29H33N3O3. The minimum absolute atomic E-state index is 0.242. The number of carbonyl (C=O) groups is 3. The van der Waals surface area contributed by atoms with Crippen molar-refractivity contribution in [2.75, 3.05) is 0 Å². The third kappa shape index (κ3) is 4.29. The molecule has 1 N–H and O–H groups in total. The third-order valence-corrected chi connectivity index (χ3v) is 8.36. The van der Waals surface area contributed by atoms with E-state index in [1.807, 2.05) is 6.07 Å². The Morgan fingerprint density at radius 2 is 1.54 bits per heavy atom. The van der Waals surface area contributed by atoms with Crippen LogP contribution in [0.5, 0.6) is 0 Å². The van der Waals surface area contributed by atoms with Gasteiger partial charge in [0, 0.05) is 30.5 Å². The molecule has 2 aliphatic carbocycles. The number of nitrogens with one attached hydrogen (secondary N) is 1. The van der Waals surface area contributed by atoms with Gasteiger partial charge in [0.15, 0.2) is 0 Å². The molecule has 4 aliphatic rings. The van der Waals surface area contributed by atoms with Crippen LogP contribution >= 0.6 is 0 Å². The molecule has 6 heteroatoms. The molecule has 35 heavy (non-hydrogen) atoms. The van der Waals surface area contributed by atoms with Crippen LogP contribution in [0.25, 0.3) is 0 Å². The van der Waals surface area contributed by atoms with Crippen LogP contribution in [-0.4, -0.2) is 39.8 Å². The molecule has 2 heterocycles. The van der Waals surface area contributed by atoms with Crippen molar-refractivity contribution in [3.05, 3.63) is 70.3 Å². The molecule has 0 radical (unpaired) electrons. The first-order chi connectivity index (χ1) is 17.1. The second-order valence-corrected chi connectivity index (χ2v) is 10.7. The van der Waals surface area contributed by atoms with Crippen LogP contribution in [0.15, 0.2) is 42.5 Å². The number of hydrazine groups is 1. The van der Waals surface area contributed by atoms with E-state index < -0.39 is 0 Å². The van der Waals surface area contributed by atoms with E-state index in [0.717, 1.165) is 29.8 Å². The first-order valence-electron chi connectivity index (χ1n) is 13.2. The number of amides is 3. The number of nitrogens with zero attached hydrogens (tertiary/aromatic N) is 2. The number of rotatable bonds is 5. The maximum Gasteiger partial charge on any atom is 0.273 e. The summed E-state index contributed by atoms with van der Waals surface area (Å²) < 4.78 is 0. The Hall–Kier alpha value is -2.99. The van der Waals surface area contributed by atoms with Crippen LogP contribution in [0.1, 0.15) is 77.6 Å².